The summed E-state index contributed by atoms with van der Waals surface area (Å²) in [6.45, 7) is 0. The number of nitro benzene ring substituents is 1. The molecule has 0 radical (unpaired) electrons. The summed E-state index contributed by atoms with van der Waals surface area (Å²) in [5.74, 6) is -1.06. The third kappa shape index (κ3) is 6.34. The van der Waals surface area contributed by atoms with Crippen molar-refractivity contribution in [2.75, 3.05) is 10.6 Å². The van der Waals surface area contributed by atoms with Gasteiger partial charge in [0, 0.05) is 34.0 Å². The van der Waals surface area contributed by atoms with Crippen LogP contribution < -0.4 is 10.6 Å². The SMILES string of the molecule is O=C(Nc1ccc(SC(C(=O)Nc2ccc([N+](=O)[O-])cc2)c2ccccc2)cc1)c1ccc(F)cc1. The van der Waals surface area contributed by atoms with Crippen molar-refractivity contribution in [1.29, 1.82) is 0 Å². The van der Waals surface area contributed by atoms with Gasteiger partial charge in [0.25, 0.3) is 11.6 Å². The Labute approximate surface area is 210 Å². The van der Waals surface area contributed by atoms with Crippen molar-refractivity contribution in [1.82, 2.24) is 0 Å². The molecule has 0 aromatic heterocycles. The molecule has 1 atom stereocenters. The van der Waals surface area contributed by atoms with E-state index in [2.05, 4.69) is 10.6 Å². The standard InChI is InChI=1S/C27H20FN3O4S/c28-20-8-6-19(7-9-20)26(32)29-22-12-16-24(17-13-22)36-25(18-4-2-1-3-5-18)27(33)30-21-10-14-23(15-11-21)31(34)35/h1-17,25H,(H,29,32)(H,30,33). The zero-order chi connectivity index (χ0) is 25.5. The van der Waals surface area contributed by atoms with Gasteiger partial charge in [-0.3, -0.25) is 19.7 Å². The van der Waals surface area contributed by atoms with Crippen LogP contribution in [0.25, 0.3) is 0 Å². The summed E-state index contributed by atoms with van der Waals surface area (Å²) < 4.78 is 13.1. The molecule has 0 bridgehead atoms. The molecule has 36 heavy (non-hydrogen) atoms. The minimum absolute atomic E-state index is 0.0615. The summed E-state index contributed by atoms with van der Waals surface area (Å²) in [5, 5.41) is 15.9. The second-order valence-electron chi connectivity index (χ2n) is 7.69. The van der Waals surface area contributed by atoms with Crippen LogP contribution in [0.15, 0.2) is 108 Å². The van der Waals surface area contributed by atoms with E-state index in [-0.39, 0.29) is 17.5 Å². The van der Waals surface area contributed by atoms with E-state index < -0.39 is 16.0 Å². The van der Waals surface area contributed by atoms with Crippen molar-refractivity contribution < 1.29 is 18.9 Å². The first kappa shape index (κ1) is 24.6. The van der Waals surface area contributed by atoms with Crippen LogP contribution in [0.2, 0.25) is 0 Å². The molecular formula is C27H20FN3O4S. The molecule has 0 aliphatic carbocycles. The molecule has 9 heteroatoms. The summed E-state index contributed by atoms with van der Waals surface area (Å²) >= 11 is 1.33. The van der Waals surface area contributed by atoms with Crippen molar-refractivity contribution in [3.05, 3.63) is 130 Å². The van der Waals surface area contributed by atoms with Gasteiger partial charge >= 0.3 is 0 Å². The van der Waals surface area contributed by atoms with E-state index in [0.717, 1.165) is 10.5 Å². The maximum Gasteiger partial charge on any atom is 0.269 e. The summed E-state index contributed by atoms with van der Waals surface area (Å²) in [4.78, 5) is 36.7. The largest absolute Gasteiger partial charge is 0.325 e. The number of carbonyl (C=O) groups is 2. The van der Waals surface area contributed by atoms with Crippen LogP contribution in [0.1, 0.15) is 21.2 Å². The monoisotopic (exact) mass is 501 g/mol. The average Bonchev–Trinajstić information content (AvgIpc) is 2.89. The Morgan fingerprint density at radius 2 is 1.36 bits per heavy atom. The van der Waals surface area contributed by atoms with Crippen LogP contribution in [0.3, 0.4) is 0 Å². The fourth-order valence-electron chi connectivity index (χ4n) is 3.33. The molecule has 0 saturated carbocycles. The van der Waals surface area contributed by atoms with E-state index in [1.165, 1.54) is 60.3 Å². The van der Waals surface area contributed by atoms with Crippen LogP contribution in [0.4, 0.5) is 21.5 Å². The van der Waals surface area contributed by atoms with E-state index in [0.29, 0.717) is 16.9 Å². The van der Waals surface area contributed by atoms with Crippen molar-refractivity contribution in [2.24, 2.45) is 0 Å². The Balaban J connectivity index is 1.47. The number of carbonyl (C=O) groups excluding carboxylic acids is 2. The second-order valence-corrected chi connectivity index (χ2v) is 8.87. The topological polar surface area (TPSA) is 101 Å². The van der Waals surface area contributed by atoms with E-state index in [4.69, 9.17) is 0 Å². The van der Waals surface area contributed by atoms with E-state index in [1.54, 1.807) is 24.3 Å². The normalized spacial score (nSPS) is 11.4. The highest BCUT2D eigenvalue weighted by Gasteiger charge is 2.22. The Morgan fingerprint density at radius 3 is 1.97 bits per heavy atom. The van der Waals surface area contributed by atoms with Gasteiger partial charge in [-0.1, -0.05) is 30.3 Å². The quantitative estimate of drug-likeness (QED) is 0.164. The maximum absolute atomic E-state index is 13.2. The van der Waals surface area contributed by atoms with Crippen LogP contribution >= 0.6 is 11.8 Å². The lowest BCUT2D eigenvalue weighted by atomic mass is 10.1. The predicted octanol–water partition coefficient (Wildman–Crippen LogP) is 6.46. The Kier molecular flexibility index (Phi) is 7.72. The minimum atomic E-state index is -0.596. The van der Waals surface area contributed by atoms with Crippen molar-refractivity contribution in [3.63, 3.8) is 0 Å². The molecule has 0 aliphatic rings. The number of nitro groups is 1. The zero-order valence-electron chi connectivity index (χ0n) is 18.8. The smallest absolute Gasteiger partial charge is 0.269 e. The lowest BCUT2D eigenvalue weighted by Crippen LogP contribution is -2.19. The fourth-order valence-corrected chi connectivity index (χ4v) is 4.36. The predicted molar refractivity (Wildman–Crippen MR) is 138 cm³/mol. The Hall–Kier alpha value is -4.50. The van der Waals surface area contributed by atoms with Gasteiger partial charge in [-0.25, -0.2) is 4.39 Å². The Bertz CT molecular complexity index is 1360. The third-order valence-corrected chi connectivity index (χ3v) is 6.42. The number of non-ortho nitro benzene ring substituents is 1. The van der Waals surface area contributed by atoms with Gasteiger partial charge < -0.3 is 10.6 Å². The minimum Gasteiger partial charge on any atom is -0.325 e. The molecule has 0 fully saturated rings. The molecular weight excluding hydrogens is 481 g/mol. The molecule has 2 amide bonds. The van der Waals surface area contributed by atoms with Crippen LogP contribution in [0.5, 0.6) is 0 Å². The van der Waals surface area contributed by atoms with E-state index >= 15 is 0 Å². The molecule has 7 nitrogen and oxygen atoms in total. The van der Waals surface area contributed by atoms with Crippen molar-refractivity contribution in [3.8, 4) is 0 Å². The fraction of sp³-hybridized carbons (Fsp3) is 0.0370. The second kappa shape index (κ2) is 11.3. The van der Waals surface area contributed by atoms with Gasteiger partial charge in [0.15, 0.2) is 0 Å². The number of benzene rings is 4. The van der Waals surface area contributed by atoms with E-state index in [1.807, 2.05) is 30.3 Å². The van der Waals surface area contributed by atoms with Crippen molar-refractivity contribution in [2.45, 2.75) is 10.1 Å². The first-order valence-electron chi connectivity index (χ1n) is 10.8. The van der Waals surface area contributed by atoms with Gasteiger partial charge in [-0.15, -0.1) is 11.8 Å². The average molecular weight is 502 g/mol. The third-order valence-electron chi connectivity index (χ3n) is 5.16. The summed E-state index contributed by atoms with van der Waals surface area (Å²) in [7, 11) is 0. The van der Waals surface area contributed by atoms with Crippen LogP contribution in [-0.4, -0.2) is 16.7 Å². The van der Waals surface area contributed by atoms with Crippen LogP contribution in [0, 0.1) is 15.9 Å². The first-order chi connectivity index (χ1) is 17.4. The number of thioether (sulfide) groups is 1. The van der Waals surface area contributed by atoms with Gasteiger partial charge in [0.1, 0.15) is 11.1 Å². The van der Waals surface area contributed by atoms with E-state index in [9.17, 15) is 24.1 Å². The highest BCUT2D eigenvalue weighted by molar-refractivity contribution is 8.00. The number of rotatable bonds is 8. The molecule has 4 rings (SSSR count). The molecule has 4 aromatic rings. The highest BCUT2D eigenvalue weighted by atomic mass is 32.2. The molecule has 2 N–H and O–H groups in total. The number of anilines is 2. The summed E-state index contributed by atoms with van der Waals surface area (Å²) in [6, 6.07) is 27.2. The number of hydrogen-bond acceptors (Lipinski definition) is 5. The molecule has 1 unspecified atom stereocenters. The van der Waals surface area contributed by atoms with Gasteiger partial charge in [0.2, 0.25) is 5.91 Å². The van der Waals surface area contributed by atoms with Gasteiger partial charge in [-0.05, 0) is 66.2 Å². The summed E-state index contributed by atoms with van der Waals surface area (Å²) in [6.07, 6.45) is 0. The lowest BCUT2D eigenvalue weighted by Gasteiger charge is -2.17. The number of halogens is 1. The maximum atomic E-state index is 13.2. The molecule has 180 valence electrons. The number of hydrogen-bond donors (Lipinski definition) is 2. The zero-order valence-corrected chi connectivity index (χ0v) is 19.6. The van der Waals surface area contributed by atoms with Crippen LogP contribution in [-0.2, 0) is 4.79 Å². The number of nitrogens with zero attached hydrogens (tertiary/aromatic N) is 1. The molecule has 0 spiro atoms. The highest BCUT2D eigenvalue weighted by Crippen LogP contribution is 2.37. The van der Waals surface area contributed by atoms with Crippen molar-refractivity contribution >= 4 is 40.6 Å². The van der Waals surface area contributed by atoms with Gasteiger partial charge in [-0.2, -0.15) is 0 Å². The summed E-state index contributed by atoms with van der Waals surface area (Å²) in [5.41, 5.74) is 2.07. The number of nitrogens with one attached hydrogen (secondary N) is 2. The molecule has 0 aliphatic heterocycles. The Morgan fingerprint density at radius 1 is 0.778 bits per heavy atom. The number of amides is 2. The molecule has 0 heterocycles. The first-order valence-corrected chi connectivity index (χ1v) is 11.7. The molecule has 0 saturated heterocycles. The lowest BCUT2D eigenvalue weighted by molar-refractivity contribution is -0.384. The molecule has 4 aromatic carbocycles. The van der Waals surface area contributed by atoms with Gasteiger partial charge in [0.05, 0.1) is 4.92 Å².